The lowest BCUT2D eigenvalue weighted by Gasteiger charge is -2.41. The summed E-state index contributed by atoms with van der Waals surface area (Å²) in [5, 5.41) is 74.7. The lowest BCUT2D eigenvalue weighted by molar-refractivity contribution is -0.220. The number of hydrogen-bond acceptors (Lipinski definition) is 11. The van der Waals surface area contributed by atoms with Gasteiger partial charge in [0.1, 0.15) is 36.6 Å². The van der Waals surface area contributed by atoms with Gasteiger partial charge in [0, 0.05) is 0 Å². The Kier molecular flexibility index (Phi) is 39.1. The molecule has 0 heterocycles. The molecular formula is C52H98NO12P. The molecule has 0 saturated heterocycles. The van der Waals surface area contributed by atoms with Crippen LogP contribution in [0.1, 0.15) is 226 Å². The van der Waals surface area contributed by atoms with E-state index >= 15 is 0 Å². The second-order valence-corrected chi connectivity index (χ2v) is 20.3. The van der Waals surface area contributed by atoms with Gasteiger partial charge in [-0.1, -0.05) is 211 Å². The van der Waals surface area contributed by atoms with Gasteiger partial charge in [0.05, 0.1) is 31.3 Å². The molecular weight excluding hydrogens is 862 g/mol. The van der Waals surface area contributed by atoms with E-state index in [1.807, 2.05) is 0 Å². The number of rotatable bonds is 44. The summed E-state index contributed by atoms with van der Waals surface area (Å²) < 4.78 is 22.9. The third kappa shape index (κ3) is 32.4. The van der Waals surface area contributed by atoms with Gasteiger partial charge in [-0.2, -0.15) is 0 Å². The zero-order valence-corrected chi connectivity index (χ0v) is 42.3. The first-order chi connectivity index (χ1) is 31.8. The summed E-state index contributed by atoms with van der Waals surface area (Å²) in [6.07, 6.45) is 35.2. The van der Waals surface area contributed by atoms with E-state index in [9.17, 15) is 50.0 Å². The van der Waals surface area contributed by atoms with Gasteiger partial charge in [-0.05, 0) is 44.9 Å². The number of amides is 1. The smallest absolute Gasteiger partial charge is 0.393 e. The van der Waals surface area contributed by atoms with Crippen LogP contribution in [0.15, 0.2) is 36.5 Å². The Morgan fingerprint density at radius 2 is 0.894 bits per heavy atom. The quantitative estimate of drug-likeness (QED) is 0.0158. The highest BCUT2D eigenvalue weighted by atomic mass is 31.2. The Balaban J connectivity index is 2.47. The topological polar surface area (TPSA) is 226 Å². The Morgan fingerprint density at radius 3 is 1.33 bits per heavy atom. The second-order valence-electron chi connectivity index (χ2n) is 18.9. The normalized spacial score (nSPS) is 22.6. The van der Waals surface area contributed by atoms with Gasteiger partial charge >= 0.3 is 7.82 Å². The lowest BCUT2D eigenvalue weighted by atomic mass is 9.85. The molecule has 0 aliphatic heterocycles. The van der Waals surface area contributed by atoms with Gasteiger partial charge in [-0.15, -0.1) is 0 Å². The van der Waals surface area contributed by atoms with Crippen LogP contribution < -0.4 is 5.32 Å². The van der Waals surface area contributed by atoms with E-state index in [0.717, 1.165) is 44.9 Å². The predicted octanol–water partition coefficient (Wildman–Crippen LogP) is 10.1. The summed E-state index contributed by atoms with van der Waals surface area (Å²) in [6, 6.07) is -1.26. The number of hydrogen-bond donors (Lipinski definition) is 9. The number of carbonyl (C=O) groups is 1. The number of carbonyl (C=O) groups excluding carboxylic acids is 1. The van der Waals surface area contributed by atoms with Crippen molar-refractivity contribution in [2.75, 3.05) is 6.61 Å². The number of phosphoric acid groups is 1. The van der Waals surface area contributed by atoms with E-state index in [0.29, 0.717) is 19.3 Å². The Labute approximate surface area is 400 Å². The van der Waals surface area contributed by atoms with Gasteiger partial charge in [0.2, 0.25) is 5.91 Å². The van der Waals surface area contributed by atoms with Crippen LogP contribution in [0.25, 0.3) is 0 Å². The largest absolute Gasteiger partial charge is 0.472 e. The summed E-state index contributed by atoms with van der Waals surface area (Å²) >= 11 is 0. The zero-order chi connectivity index (χ0) is 48.7. The standard InChI is InChI=1S/C52H98NO12P/c1-3-5-7-9-11-13-15-17-19-21-22-23-24-25-27-29-31-33-35-37-39-43(54)41-46(56)53-44(42-64-66(62,63)65-52-50(60)48(58)47(57)49(59)51(52)61)45(55)40-38-36-34-32-30-28-26-20-18-16-14-12-10-8-6-4-2/h18,20,30,32,38,40,43-45,47-52,54-55,57-61H,3-17,19,21-29,31,33-37,39,41-42H2,1-2H3,(H,53,56)(H,62,63)/b20-18+,32-30+,40-38+. The number of aliphatic hydroxyl groups excluding tert-OH is 7. The van der Waals surface area contributed by atoms with E-state index in [2.05, 4.69) is 43.5 Å². The van der Waals surface area contributed by atoms with Crippen LogP contribution in [0.3, 0.4) is 0 Å². The fourth-order valence-electron chi connectivity index (χ4n) is 8.39. The van der Waals surface area contributed by atoms with Crippen LogP contribution >= 0.6 is 7.82 Å². The minimum Gasteiger partial charge on any atom is -0.393 e. The van der Waals surface area contributed by atoms with Crippen LogP contribution in [0.5, 0.6) is 0 Å². The minimum absolute atomic E-state index is 0.253. The first-order valence-electron chi connectivity index (χ1n) is 26.5. The van der Waals surface area contributed by atoms with Crippen molar-refractivity contribution in [1.82, 2.24) is 5.32 Å². The van der Waals surface area contributed by atoms with Crippen molar-refractivity contribution in [3.8, 4) is 0 Å². The molecule has 0 radical (unpaired) electrons. The molecule has 0 aromatic carbocycles. The molecule has 1 rings (SSSR count). The maximum absolute atomic E-state index is 13.0. The van der Waals surface area contributed by atoms with Gasteiger partial charge in [0.15, 0.2) is 0 Å². The first kappa shape index (κ1) is 62.5. The van der Waals surface area contributed by atoms with Gasteiger partial charge < -0.3 is 46.0 Å². The highest BCUT2D eigenvalue weighted by molar-refractivity contribution is 7.47. The predicted molar refractivity (Wildman–Crippen MR) is 266 cm³/mol. The molecule has 1 amide bonds. The monoisotopic (exact) mass is 960 g/mol. The second kappa shape index (κ2) is 41.3. The van der Waals surface area contributed by atoms with Crippen molar-refractivity contribution in [3.63, 3.8) is 0 Å². The third-order valence-electron chi connectivity index (χ3n) is 12.7. The number of unbranched alkanes of at least 4 members (excludes halogenated alkanes) is 27. The molecule has 0 bridgehead atoms. The molecule has 1 fully saturated rings. The van der Waals surface area contributed by atoms with Crippen molar-refractivity contribution in [1.29, 1.82) is 0 Å². The first-order valence-corrected chi connectivity index (χ1v) is 28.0. The molecule has 0 aromatic rings. The molecule has 388 valence electrons. The fraction of sp³-hybridized carbons (Fsp3) is 0.865. The summed E-state index contributed by atoms with van der Waals surface area (Å²) in [7, 11) is -5.16. The molecule has 1 aliphatic carbocycles. The van der Waals surface area contributed by atoms with Gasteiger partial charge in [0.25, 0.3) is 0 Å². The number of aliphatic hydroxyl groups is 7. The van der Waals surface area contributed by atoms with E-state index in [1.165, 1.54) is 147 Å². The SMILES string of the molecule is CCCCCCCC/C=C/CC/C=C/CC/C=C/C(O)C(COP(=O)(O)OC1C(O)C(O)C(O)C(O)C1O)NC(=O)CC(O)CCCCCCCCCCCCCCCCCCCCCC. The average Bonchev–Trinajstić information content (AvgIpc) is 3.29. The Bertz CT molecular complexity index is 1270. The van der Waals surface area contributed by atoms with E-state index < -0.39 is 75.2 Å². The van der Waals surface area contributed by atoms with Crippen LogP contribution in [0.4, 0.5) is 0 Å². The molecule has 9 N–H and O–H groups in total. The molecule has 1 saturated carbocycles. The van der Waals surface area contributed by atoms with Gasteiger partial charge in [-0.3, -0.25) is 13.8 Å². The summed E-state index contributed by atoms with van der Waals surface area (Å²) in [5.41, 5.74) is 0. The minimum atomic E-state index is -5.16. The van der Waals surface area contributed by atoms with Crippen LogP contribution in [0, 0.1) is 0 Å². The third-order valence-corrected chi connectivity index (χ3v) is 13.7. The van der Waals surface area contributed by atoms with Crippen LogP contribution in [-0.2, 0) is 18.4 Å². The van der Waals surface area contributed by atoms with Crippen molar-refractivity contribution >= 4 is 13.7 Å². The number of phosphoric ester groups is 1. The molecule has 0 aromatic heterocycles. The number of nitrogens with one attached hydrogen (secondary N) is 1. The lowest BCUT2D eigenvalue weighted by Crippen LogP contribution is -2.64. The molecule has 1 aliphatic rings. The highest BCUT2D eigenvalue weighted by Gasteiger charge is 2.51. The molecule has 8 unspecified atom stereocenters. The van der Waals surface area contributed by atoms with Crippen molar-refractivity contribution in [2.24, 2.45) is 0 Å². The van der Waals surface area contributed by atoms with Crippen LogP contribution in [-0.4, -0.2) is 108 Å². The van der Waals surface area contributed by atoms with Crippen molar-refractivity contribution in [3.05, 3.63) is 36.5 Å². The van der Waals surface area contributed by atoms with Gasteiger partial charge in [-0.25, -0.2) is 4.57 Å². The highest BCUT2D eigenvalue weighted by Crippen LogP contribution is 2.47. The van der Waals surface area contributed by atoms with E-state index in [4.69, 9.17) is 9.05 Å². The van der Waals surface area contributed by atoms with Crippen molar-refractivity contribution < 1.29 is 59.0 Å². The van der Waals surface area contributed by atoms with Crippen LogP contribution in [0.2, 0.25) is 0 Å². The van der Waals surface area contributed by atoms with Crippen molar-refractivity contribution in [2.45, 2.75) is 281 Å². The average molecular weight is 960 g/mol. The molecule has 13 nitrogen and oxygen atoms in total. The summed E-state index contributed by atoms with van der Waals surface area (Å²) in [6.45, 7) is 3.74. The zero-order valence-electron chi connectivity index (χ0n) is 41.4. The Hall–Kier alpha value is -1.48. The number of allylic oxidation sites excluding steroid dienone is 5. The van der Waals surface area contributed by atoms with E-state index in [-0.39, 0.29) is 6.42 Å². The maximum Gasteiger partial charge on any atom is 0.472 e. The molecule has 14 heteroatoms. The summed E-state index contributed by atoms with van der Waals surface area (Å²) in [5.74, 6) is -0.604. The fourth-order valence-corrected chi connectivity index (χ4v) is 9.36. The van der Waals surface area contributed by atoms with E-state index in [1.54, 1.807) is 6.08 Å². The molecule has 0 spiro atoms. The molecule has 8 atom stereocenters. The summed E-state index contributed by atoms with van der Waals surface area (Å²) in [4.78, 5) is 23.5. The molecule has 66 heavy (non-hydrogen) atoms. The maximum atomic E-state index is 13.0. The Morgan fingerprint density at radius 1 is 0.530 bits per heavy atom.